The van der Waals surface area contributed by atoms with Crippen molar-refractivity contribution in [1.29, 1.82) is 0 Å². The van der Waals surface area contributed by atoms with E-state index in [0.29, 0.717) is 0 Å². The first kappa shape index (κ1) is 13.2. The zero-order chi connectivity index (χ0) is 13.9. The topological polar surface area (TPSA) is 50.7 Å². The Morgan fingerprint density at radius 2 is 1.95 bits per heavy atom. The second-order valence-electron chi connectivity index (χ2n) is 4.29. The van der Waals surface area contributed by atoms with Gasteiger partial charge in [-0.05, 0) is 19.4 Å². The lowest BCUT2D eigenvalue weighted by molar-refractivity contribution is 1.07. The lowest BCUT2D eigenvalue weighted by atomic mass is 10.1. The third-order valence-electron chi connectivity index (χ3n) is 2.84. The number of benzene rings is 1. The largest absolute Gasteiger partial charge is 0.360 e. The fourth-order valence-corrected chi connectivity index (χ4v) is 3.71. The number of aromatic nitrogens is 3. The molecule has 0 aliphatic heterocycles. The fourth-order valence-electron chi connectivity index (χ4n) is 1.86. The van der Waals surface area contributed by atoms with Crippen LogP contribution in [0, 0.1) is 6.92 Å². The van der Waals surface area contributed by atoms with Crippen molar-refractivity contribution in [2.24, 2.45) is 0 Å². The van der Waals surface area contributed by atoms with Crippen LogP contribution in [0.25, 0.3) is 20.5 Å². The lowest BCUT2D eigenvalue weighted by Crippen LogP contribution is -1.94. The highest BCUT2D eigenvalue weighted by Gasteiger charge is 2.12. The first-order valence-electron chi connectivity index (χ1n) is 6.37. The lowest BCUT2D eigenvalue weighted by Gasteiger charge is -1.99. The first-order valence-corrected chi connectivity index (χ1v) is 8.01. The Morgan fingerprint density at radius 1 is 1.10 bits per heavy atom. The third-order valence-corrected chi connectivity index (χ3v) is 4.93. The van der Waals surface area contributed by atoms with Crippen LogP contribution >= 0.6 is 22.7 Å². The monoisotopic (exact) mass is 302 g/mol. The molecule has 6 heteroatoms. The summed E-state index contributed by atoms with van der Waals surface area (Å²) in [4.78, 5) is 5.58. The average molecular weight is 302 g/mol. The molecule has 0 spiro atoms. The number of nitrogens with zero attached hydrogens (tertiary/aromatic N) is 3. The molecule has 0 saturated carbocycles. The molecule has 0 atom stereocenters. The molecule has 0 fully saturated rings. The Balaban J connectivity index is 1.91. The maximum absolute atomic E-state index is 4.52. The molecular weight excluding hydrogens is 288 g/mol. The summed E-state index contributed by atoms with van der Waals surface area (Å²) < 4.78 is 0. The van der Waals surface area contributed by atoms with Crippen LogP contribution in [0.5, 0.6) is 0 Å². The predicted molar refractivity (Wildman–Crippen MR) is 85.4 cm³/mol. The SMILES string of the molecule is CCNc1nnc(-c2cnc(-c3ccccc3C)s2)s1. The number of thiazole rings is 1. The van der Waals surface area contributed by atoms with E-state index in [4.69, 9.17) is 0 Å². The van der Waals surface area contributed by atoms with Gasteiger partial charge in [0.15, 0.2) is 5.01 Å². The van der Waals surface area contributed by atoms with Crippen molar-refractivity contribution in [3.8, 4) is 20.5 Å². The Hall–Kier alpha value is -1.79. The number of aryl methyl sites for hydroxylation is 1. The molecule has 0 saturated heterocycles. The van der Waals surface area contributed by atoms with Gasteiger partial charge in [0.2, 0.25) is 5.13 Å². The molecule has 0 unspecified atom stereocenters. The van der Waals surface area contributed by atoms with E-state index in [0.717, 1.165) is 26.6 Å². The van der Waals surface area contributed by atoms with E-state index < -0.39 is 0 Å². The number of hydrogen-bond acceptors (Lipinski definition) is 6. The van der Waals surface area contributed by atoms with Gasteiger partial charge in [0.25, 0.3) is 0 Å². The quantitative estimate of drug-likeness (QED) is 0.789. The minimum absolute atomic E-state index is 0.853. The molecule has 0 amide bonds. The predicted octanol–water partition coefficient (Wildman–Crippen LogP) is 4.07. The third kappa shape index (κ3) is 2.57. The summed E-state index contributed by atoms with van der Waals surface area (Å²) in [6.07, 6.45) is 1.88. The molecule has 102 valence electrons. The van der Waals surface area contributed by atoms with Gasteiger partial charge >= 0.3 is 0 Å². The van der Waals surface area contributed by atoms with Crippen molar-refractivity contribution >= 4 is 27.8 Å². The van der Waals surface area contributed by atoms with Crippen molar-refractivity contribution in [3.63, 3.8) is 0 Å². The van der Waals surface area contributed by atoms with Gasteiger partial charge in [-0.1, -0.05) is 35.6 Å². The maximum Gasteiger partial charge on any atom is 0.206 e. The summed E-state index contributed by atoms with van der Waals surface area (Å²) in [5.41, 5.74) is 2.42. The van der Waals surface area contributed by atoms with Crippen LogP contribution in [0.1, 0.15) is 12.5 Å². The standard InChI is InChI=1S/C14H14N4S2/c1-3-15-14-18-17-13(20-14)11-8-16-12(19-11)10-7-5-4-6-9(10)2/h4-8H,3H2,1-2H3,(H,15,18). The minimum Gasteiger partial charge on any atom is -0.360 e. The molecule has 0 bridgehead atoms. The highest BCUT2D eigenvalue weighted by molar-refractivity contribution is 7.24. The Labute approximate surface area is 125 Å². The summed E-state index contributed by atoms with van der Waals surface area (Å²) >= 11 is 3.21. The summed E-state index contributed by atoms with van der Waals surface area (Å²) in [6.45, 7) is 5.00. The van der Waals surface area contributed by atoms with Crippen molar-refractivity contribution in [2.45, 2.75) is 13.8 Å². The molecular formula is C14H14N4S2. The molecule has 2 aromatic heterocycles. The van der Waals surface area contributed by atoms with Crippen molar-refractivity contribution in [1.82, 2.24) is 15.2 Å². The van der Waals surface area contributed by atoms with E-state index in [-0.39, 0.29) is 0 Å². The van der Waals surface area contributed by atoms with Gasteiger partial charge in [0.1, 0.15) is 5.01 Å². The van der Waals surface area contributed by atoms with Gasteiger partial charge < -0.3 is 5.32 Å². The van der Waals surface area contributed by atoms with Crippen LogP contribution in [-0.4, -0.2) is 21.7 Å². The van der Waals surface area contributed by atoms with Gasteiger partial charge in [0, 0.05) is 18.3 Å². The van der Waals surface area contributed by atoms with Gasteiger partial charge in [-0.15, -0.1) is 21.5 Å². The van der Waals surface area contributed by atoms with Crippen molar-refractivity contribution in [2.75, 3.05) is 11.9 Å². The number of nitrogens with one attached hydrogen (secondary N) is 1. The van der Waals surface area contributed by atoms with E-state index in [9.17, 15) is 0 Å². The van der Waals surface area contributed by atoms with Crippen molar-refractivity contribution < 1.29 is 0 Å². The molecule has 1 aromatic carbocycles. The maximum atomic E-state index is 4.52. The van der Waals surface area contributed by atoms with Crippen LogP contribution < -0.4 is 5.32 Å². The van der Waals surface area contributed by atoms with Gasteiger partial charge in [0.05, 0.1) is 4.88 Å². The van der Waals surface area contributed by atoms with Gasteiger partial charge in [-0.3, -0.25) is 0 Å². The zero-order valence-electron chi connectivity index (χ0n) is 11.3. The van der Waals surface area contributed by atoms with Crippen LogP contribution in [0.15, 0.2) is 30.5 Å². The number of anilines is 1. The van der Waals surface area contributed by atoms with Crippen LogP contribution in [0.3, 0.4) is 0 Å². The van der Waals surface area contributed by atoms with Crippen molar-refractivity contribution in [3.05, 3.63) is 36.0 Å². The van der Waals surface area contributed by atoms with Gasteiger partial charge in [-0.2, -0.15) is 0 Å². The molecule has 0 aliphatic carbocycles. The first-order chi connectivity index (χ1) is 9.78. The Kier molecular flexibility index (Phi) is 3.75. The molecule has 0 radical (unpaired) electrons. The zero-order valence-corrected chi connectivity index (χ0v) is 12.9. The number of hydrogen-bond donors (Lipinski definition) is 1. The molecule has 3 rings (SSSR count). The van der Waals surface area contributed by atoms with E-state index in [1.807, 2.05) is 25.3 Å². The van der Waals surface area contributed by atoms with Gasteiger partial charge in [-0.25, -0.2) is 4.98 Å². The Bertz CT molecular complexity index is 717. The number of rotatable bonds is 4. The molecule has 2 heterocycles. The Morgan fingerprint density at radius 3 is 2.75 bits per heavy atom. The van der Waals surface area contributed by atoms with E-state index in [1.54, 1.807) is 22.7 Å². The molecule has 1 N–H and O–H groups in total. The summed E-state index contributed by atoms with van der Waals surface area (Å²) in [5, 5.41) is 14.3. The molecule has 4 nitrogen and oxygen atoms in total. The summed E-state index contributed by atoms with van der Waals surface area (Å²) in [5.74, 6) is 0. The highest BCUT2D eigenvalue weighted by atomic mass is 32.1. The second kappa shape index (κ2) is 5.68. The van der Waals surface area contributed by atoms with Crippen LogP contribution in [-0.2, 0) is 0 Å². The van der Waals surface area contributed by atoms with E-state index in [2.05, 4.69) is 39.6 Å². The summed E-state index contributed by atoms with van der Waals surface area (Å²) in [6, 6.07) is 8.28. The van der Waals surface area contributed by atoms with Crippen LogP contribution in [0.4, 0.5) is 5.13 Å². The molecule has 3 aromatic rings. The average Bonchev–Trinajstić information content (AvgIpc) is 3.08. The second-order valence-corrected chi connectivity index (χ2v) is 6.30. The summed E-state index contributed by atoms with van der Waals surface area (Å²) in [7, 11) is 0. The molecule has 20 heavy (non-hydrogen) atoms. The van der Waals surface area contributed by atoms with Crippen LogP contribution in [0.2, 0.25) is 0 Å². The van der Waals surface area contributed by atoms with E-state index in [1.165, 1.54) is 11.1 Å². The molecule has 0 aliphatic rings. The smallest absolute Gasteiger partial charge is 0.206 e. The normalized spacial score (nSPS) is 10.7. The van der Waals surface area contributed by atoms with E-state index >= 15 is 0 Å². The fraction of sp³-hybridized carbons (Fsp3) is 0.214. The highest BCUT2D eigenvalue weighted by Crippen LogP contribution is 2.35. The minimum atomic E-state index is 0.853.